The molecule has 0 radical (unpaired) electrons. The van der Waals surface area contributed by atoms with Crippen molar-refractivity contribution in [3.8, 4) is 6.07 Å². The van der Waals surface area contributed by atoms with Gasteiger partial charge in [0.25, 0.3) is 0 Å². The van der Waals surface area contributed by atoms with Crippen molar-refractivity contribution in [1.82, 2.24) is 9.88 Å². The first-order valence-electron chi connectivity index (χ1n) is 7.33. The topological polar surface area (TPSA) is 87.2 Å². The minimum absolute atomic E-state index is 0.0996. The summed E-state index contributed by atoms with van der Waals surface area (Å²) in [7, 11) is 0. The Kier molecular flexibility index (Phi) is 4.20. The number of furan rings is 1. The number of nitrogens with zero attached hydrogens (tertiary/aromatic N) is 3. The number of aromatic nitrogens is 1. The van der Waals surface area contributed by atoms with Crippen molar-refractivity contribution in [3.63, 3.8) is 0 Å². The molecule has 0 aliphatic carbocycles. The lowest BCUT2D eigenvalue weighted by atomic mass is 9.90. The molecule has 0 unspecified atom stereocenters. The lowest BCUT2D eigenvalue weighted by Gasteiger charge is -2.16. The fourth-order valence-corrected chi connectivity index (χ4v) is 2.76. The highest BCUT2D eigenvalue weighted by molar-refractivity contribution is 5.95. The first kappa shape index (κ1) is 15.0. The smallest absolute Gasteiger partial charge is 0.223 e. The molecule has 1 amide bonds. The molecule has 3 rings (SSSR count). The SMILES string of the molecule is N#C[C@H](C(=O)[C@H]1CC(=O)N(Cc2ccco2)C1)c1ccccn1. The second-order valence-electron chi connectivity index (χ2n) is 5.47. The number of carbonyl (C=O) groups excluding carboxylic acids is 2. The molecule has 1 saturated heterocycles. The van der Waals surface area contributed by atoms with Gasteiger partial charge in [0.1, 0.15) is 11.7 Å². The van der Waals surface area contributed by atoms with E-state index >= 15 is 0 Å². The van der Waals surface area contributed by atoms with Gasteiger partial charge in [-0.1, -0.05) is 6.07 Å². The van der Waals surface area contributed by atoms with Crippen LogP contribution in [0.3, 0.4) is 0 Å². The molecule has 0 saturated carbocycles. The van der Waals surface area contributed by atoms with Gasteiger partial charge in [-0.2, -0.15) is 5.26 Å². The van der Waals surface area contributed by atoms with E-state index in [-0.39, 0.29) is 18.1 Å². The normalized spacial score (nSPS) is 18.7. The van der Waals surface area contributed by atoms with Crippen LogP contribution >= 0.6 is 0 Å². The molecule has 0 spiro atoms. The van der Waals surface area contributed by atoms with Gasteiger partial charge in [-0.25, -0.2) is 0 Å². The zero-order valence-electron chi connectivity index (χ0n) is 12.4. The van der Waals surface area contributed by atoms with E-state index < -0.39 is 11.8 Å². The fraction of sp³-hybridized carbons (Fsp3) is 0.294. The van der Waals surface area contributed by atoms with Crippen LogP contribution in [0.1, 0.15) is 23.8 Å². The van der Waals surface area contributed by atoms with Gasteiger partial charge in [-0.3, -0.25) is 14.6 Å². The Hall–Kier alpha value is -2.94. The third-order valence-electron chi connectivity index (χ3n) is 3.94. The maximum atomic E-state index is 12.6. The van der Waals surface area contributed by atoms with Crippen molar-refractivity contribution in [2.75, 3.05) is 6.54 Å². The van der Waals surface area contributed by atoms with E-state index in [2.05, 4.69) is 4.98 Å². The molecular formula is C17H15N3O3. The van der Waals surface area contributed by atoms with Gasteiger partial charge in [0, 0.05) is 25.1 Å². The van der Waals surface area contributed by atoms with E-state index in [1.54, 1.807) is 47.7 Å². The molecule has 2 atom stereocenters. The molecule has 2 aromatic rings. The van der Waals surface area contributed by atoms with Gasteiger partial charge < -0.3 is 9.32 Å². The molecule has 1 fully saturated rings. The van der Waals surface area contributed by atoms with Crippen LogP contribution in [0.2, 0.25) is 0 Å². The molecular weight excluding hydrogens is 294 g/mol. The lowest BCUT2D eigenvalue weighted by Crippen LogP contribution is -2.27. The van der Waals surface area contributed by atoms with Crippen molar-refractivity contribution in [3.05, 3.63) is 54.2 Å². The van der Waals surface area contributed by atoms with Crippen LogP contribution < -0.4 is 0 Å². The summed E-state index contributed by atoms with van der Waals surface area (Å²) in [6.07, 6.45) is 3.23. The minimum atomic E-state index is -0.933. The Balaban J connectivity index is 1.71. The summed E-state index contributed by atoms with van der Waals surface area (Å²) in [6.45, 7) is 0.653. The van der Waals surface area contributed by atoms with Crippen molar-refractivity contribution >= 4 is 11.7 Å². The molecule has 1 aliphatic heterocycles. The predicted molar refractivity (Wildman–Crippen MR) is 79.8 cm³/mol. The number of hydrogen-bond donors (Lipinski definition) is 0. The number of ketones is 1. The van der Waals surface area contributed by atoms with Crippen molar-refractivity contribution in [1.29, 1.82) is 5.26 Å². The number of likely N-dealkylation sites (tertiary alicyclic amines) is 1. The number of carbonyl (C=O) groups is 2. The third kappa shape index (κ3) is 3.14. The van der Waals surface area contributed by atoms with Gasteiger partial charge in [0.05, 0.1) is 24.6 Å². The fourth-order valence-electron chi connectivity index (χ4n) is 2.76. The first-order valence-corrected chi connectivity index (χ1v) is 7.33. The molecule has 0 aromatic carbocycles. The molecule has 23 heavy (non-hydrogen) atoms. The zero-order valence-corrected chi connectivity index (χ0v) is 12.4. The van der Waals surface area contributed by atoms with Crippen molar-refractivity contribution < 1.29 is 14.0 Å². The maximum absolute atomic E-state index is 12.6. The highest BCUT2D eigenvalue weighted by Gasteiger charge is 2.38. The summed E-state index contributed by atoms with van der Waals surface area (Å²) in [6, 6.07) is 10.7. The van der Waals surface area contributed by atoms with Crippen LogP contribution in [-0.2, 0) is 16.1 Å². The highest BCUT2D eigenvalue weighted by Crippen LogP contribution is 2.27. The molecule has 116 valence electrons. The Morgan fingerprint density at radius 2 is 2.30 bits per heavy atom. The zero-order chi connectivity index (χ0) is 16.2. The van der Waals surface area contributed by atoms with Gasteiger partial charge in [-0.15, -0.1) is 0 Å². The van der Waals surface area contributed by atoms with Gasteiger partial charge in [0.2, 0.25) is 5.91 Å². The Bertz CT molecular complexity index is 734. The van der Waals surface area contributed by atoms with Crippen LogP contribution in [0.25, 0.3) is 0 Å². The number of rotatable bonds is 5. The van der Waals surface area contributed by atoms with E-state index in [1.807, 2.05) is 6.07 Å². The summed E-state index contributed by atoms with van der Waals surface area (Å²) in [5.74, 6) is -1.09. The molecule has 0 N–H and O–H groups in total. The number of hydrogen-bond acceptors (Lipinski definition) is 5. The average molecular weight is 309 g/mol. The second kappa shape index (κ2) is 6.44. The summed E-state index contributed by atoms with van der Waals surface area (Å²) >= 11 is 0. The van der Waals surface area contributed by atoms with Crippen LogP contribution in [0.15, 0.2) is 47.2 Å². The van der Waals surface area contributed by atoms with Crippen LogP contribution in [0.4, 0.5) is 0 Å². The summed E-state index contributed by atoms with van der Waals surface area (Å²) in [5.41, 5.74) is 0.428. The molecule has 2 aromatic heterocycles. The monoisotopic (exact) mass is 309 g/mol. The average Bonchev–Trinajstić information content (AvgIpc) is 3.20. The third-order valence-corrected chi connectivity index (χ3v) is 3.94. The standard InChI is InChI=1S/C17H15N3O3/c18-9-14(15-5-1-2-6-19-15)17(22)12-8-16(21)20(10-12)11-13-4-3-7-23-13/h1-7,12,14H,8,10-11H2/t12-,14-/m0/s1. The van der Waals surface area contributed by atoms with E-state index in [9.17, 15) is 14.9 Å². The van der Waals surface area contributed by atoms with Gasteiger partial charge >= 0.3 is 0 Å². The Labute approximate surface area is 133 Å². The predicted octanol–water partition coefficient (Wildman–Crippen LogP) is 1.90. The highest BCUT2D eigenvalue weighted by atomic mass is 16.3. The number of Topliss-reactive ketones (excluding diaryl/α,β-unsaturated/α-hetero) is 1. The van der Waals surface area contributed by atoms with Crippen LogP contribution in [0.5, 0.6) is 0 Å². The van der Waals surface area contributed by atoms with Crippen molar-refractivity contribution in [2.45, 2.75) is 18.9 Å². The molecule has 1 aliphatic rings. The molecule has 6 nitrogen and oxygen atoms in total. The summed E-state index contributed by atoms with van der Waals surface area (Å²) in [5, 5.41) is 9.33. The summed E-state index contributed by atoms with van der Waals surface area (Å²) in [4.78, 5) is 30.4. The number of nitriles is 1. The molecule has 6 heteroatoms. The first-order chi connectivity index (χ1) is 11.2. The minimum Gasteiger partial charge on any atom is -0.467 e. The molecule has 0 bridgehead atoms. The Morgan fingerprint density at radius 3 is 2.96 bits per heavy atom. The quantitative estimate of drug-likeness (QED) is 0.841. The second-order valence-corrected chi connectivity index (χ2v) is 5.47. The van der Waals surface area contributed by atoms with Crippen LogP contribution in [0, 0.1) is 17.2 Å². The lowest BCUT2D eigenvalue weighted by molar-refractivity contribution is -0.129. The van der Waals surface area contributed by atoms with Crippen LogP contribution in [-0.4, -0.2) is 28.1 Å². The van der Waals surface area contributed by atoms with E-state index in [4.69, 9.17) is 4.42 Å². The van der Waals surface area contributed by atoms with E-state index in [0.717, 1.165) is 0 Å². The van der Waals surface area contributed by atoms with E-state index in [1.165, 1.54) is 0 Å². The Morgan fingerprint density at radius 1 is 1.43 bits per heavy atom. The van der Waals surface area contributed by atoms with Gasteiger partial charge in [0.15, 0.2) is 5.78 Å². The maximum Gasteiger partial charge on any atom is 0.223 e. The number of amides is 1. The largest absolute Gasteiger partial charge is 0.467 e. The number of pyridine rings is 1. The molecule has 3 heterocycles. The summed E-state index contributed by atoms with van der Waals surface area (Å²) < 4.78 is 5.24. The van der Waals surface area contributed by atoms with Crippen molar-refractivity contribution in [2.24, 2.45) is 5.92 Å². The van der Waals surface area contributed by atoms with Gasteiger partial charge in [-0.05, 0) is 24.3 Å². The van der Waals surface area contributed by atoms with E-state index in [0.29, 0.717) is 24.5 Å².